The normalized spacial score (nSPS) is 11.4. The Morgan fingerprint density at radius 2 is 1.78 bits per heavy atom. The van der Waals surface area contributed by atoms with Gasteiger partial charge in [-0.05, 0) is 35.6 Å². The molecule has 5 heteroatoms. The molecule has 1 N–H and O–H groups in total. The quantitative estimate of drug-likeness (QED) is 0.808. The average Bonchev–Trinajstić information content (AvgIpc) is 2.55. The minimum Gasteiger partial charge on any atom is -0.496 e. The van der Waals surface area contributed by atoms with E-state index in [1.165, 1.54) is 0 Å². The van der Waals surface area contributed by atoms with Crippen molar-refractivity contribution < 1.29 is 13.2 Å². The lowest BCUT2D eigenvalue weighted by Gasteiger charge is -2.10. The van der Waals surface area contributed by atoms with Gasteiger partial charge in [0, 0.05) is 6.54 Å². The molecule has 0 aliphatic heterocycles. The minimum atomic E-state index is -3.31. The lowest BCUT2D eigenvalue weighted by Crippen LogP contribution is -2.27. The van der Waals surface area contributed by atoms with Crippen LogP contribution in [-0.2, 0) is 28.6 Å². The third kappa shape index (κ3) is 5.37. The Bertz CT molecular complexity index is 727. The van der Waals surface area contributed by atoms with Gasteiger partial charge in [0.05, 0.1) is 12.9 Å². The van der Waals surface area contributed by atoms with Gasteiger partial charge in [0.2, 0.25) is 10.0 Å². The molecule has 0 bridgehead atoms. The standard InChI is InChI=1S/C18H23NO3S/c1-3-17-13-15(9-10-18(17)22-2)11-12-19-23(20,21)14-16-7-5-4-6-8-16/h4-10,13,19H,3,11-12,14H2,1-2H3. The van der Waals surface area contributed by atoms with Crippen LogP contribution in [0.15, 0.2) is 48.5 Å². The Balaban J connectivity index is 1.91. The van der Waals surface area contributed by atoms with Gasteiger partial charge >= 0.3 is 0 Å². The number of methoxy groups -OCH3 is 1. The van der Waals surface area contributed by atoms with Gasteiger partial charge < -0.3 is 4.74 Å². The molecular formula is C18H23NO3S. The van der Waals surface area contributed by atoms with Crippen molar-refractivity contribution in [2.45, 2.75) is 25.5 Å². The van der Waals surface area contributed by atoms with Crippen molar-refractivity contribution in [1.29, 1.82) is 0 Å². The molecule has 0 aliphatic carbocycles. The first kappa shape index (κ1) is 17.5. The molecule has 4 nitrogen and oxygen atoms in total. The monoisotopic (exact) mass is 333 g/mol. The highest BCUT2D eigenvalue weighted by molar-refractivity contribution is 7.88. The van der Waals surface area contributed by atoms with Crippen LogP contribution in [0.3, 0.4) is 0 Å². The molecule has 0 heterocycles. The molecular weight excluding hydrogens is 310 g/mol. The van der Waals surface area contributed by atoms with Crippen molar-refractivity contribution in [3.63, 3.8) is 0 Å². The number of nitrogens with one attached hydrogen (secondary N) is 1. The summed E-state index contributed by atoms with van der Waals surface area (Å²) in [5, 5.41) is 0. The van der Waals surface area contributed by atoms with E-state index in [1.807, 2.05) is 42.5 Å². The van der Waals surface area contributed by atoms with E-state index < -0.39 is 10.0 Å². The number of rotatable bonds is 8. The van der Waals surface area contributed by atoms with Gasteiger partial charge in [-0.3, -0.25) is 0 Å². The van der Waals surface area contributed by atoms with Gasteiger partial charge in [-0.25, -0.2) is 13.1 Å². The fraction of sp³-hybridized carbons (Fsp3) is 0.333. The van der Waals surface area contributed by atoms with E-state index in [2.05, 4.69) is 17.7 Å². The van der Waals surface area contributed by atoms with Crippen molar-refractivity contribution in [1.82, 2.24) is 4.72 Å². The van der Waals surface area contributed by atoms with Crippen molar-refractivity contribution in [2.75, 3.05) is 13.7 Å². The molecule has 2 aromatic rings. The molecule has 2 aromatic carbocycles. The topological polar surface area (TPSA) is 55.4 Å². The first-order chi connectivity index (χ1) is 11.0. The lowest BCUT2D eigenvalue weighted by molar-refractivity contribution is 0.410. The lowest BCUT2D eigenvalue weighted by atomic mass is 10.1. The third-order valence-electron chi connectivity index (χ3n) is 3.66. The van der Waals surface area contributed by atoms with Gasteiger partial charge in [0.1, 0.15) is 5.75 Å². The van der Waals surface area contributed by atoms with Crippen LogP contribution in [0.25, 0.3) is 0 Å². The van der Waals surface area contributed by atoms with Crippen molar-refractivity contribution in [3.8, 4) is 5.75 Å². The number of hydrogen-bond acceptors (Lipinski definition) is 3. The molecule has 0 atom stereocenters. The minimum absolute atomic E-state index is 0.0106. The predicted octanol–water partition coefficient (Wildman–Crippen LogP) is 2.92. The number of aryl methyl sites for hydroxylation is 1. The molecule has 0 unspecified atom stereocenters. The van der Waals surface area contributed by atoms with Crippen LogP contribution in [0.1, 0.15) is 23.6 Å². The molecule has 0 aromatic heterocycles. The Morgan fingerprint density at radius 1 is 1.04 bits per heavy atom. The third-order valence-corrected chi connectivity index (χ3v) is 5.02. The zero-order chi connectivity index (χ0) is 16.7. The number of ether oxygens (including phenoxy) is 1. The van der Waals surface area contributed by atoms with Crippen LogP contribution in [0.4, 0.5) is 0 Å². The molecule has 124 valence electrons. The van der Waals surface area contributed by atoms with Crippen molar-refractivity contribution in [2.24, 2.45) is 0 Å². The Hall–Kier alpha value is -1.85. The van der Waals surface area contributed by atoms with E-state index in [0.29, 0.717) is 13.0 Å². The second kappa shape index (κ2) is 8.13. The van der Waals surface area contributed by atoms with E-state index in [1.54, 1.807) is 7.11 Å². The number of hydrogen-bond donors (Lipinski definition) is 1. The summed E-state index contributed by atoms with van der Waals surface area (Å²) in [7, 11) is -1.65. The Morgan fingerprint density at radius 3 is 2.43 bits per heavy atom. The van der Waals surface area contributed by atoms with Crippen LogP contribution in [-0.4, -0.2) is 22.1 Å². The first-order valence-electron chi connectivity index (χ1n) is 7.71. The molecule has 0 saturated carbocycles. The van der Waals surface area contributed by atoms with E-state index >= 15 is 0 Å². The summed E-state index contributed by atoms with van der Waals surface area (Å²) in [6.07, 6.45) is 1.54. The summed E-state index contributed by atoms with van der Waals surface area (Å²) in [4.78, 5) is 0. The van der Waals surface area contributed by atoms with Gasteiger partial charge in [-0.2, -0.15) is 0 Å². The van der Waals surface area contributed by atoms with Crippen molar-refractivity contribution in [3.05, 3.63) is 65.2 Å². The van der Waals surface area contributed by atoms with Gasteiger partial charge in [0.25, 0.3) is 0 Å². The smallest absolute Gasteiger partial charge is 0.215 e. The maximum atomic E-state index is 12.1. The zero-order valence-electron chi connectivity index (χ0n) is 13.6. The van der Waals surface area contributed by atoms with E-state index in [-0.39, 0.29) is 5.75 Å². The molecule has 23 heavy (non-hydrogen) atoms. The molecule has 0 amide bonds. The fourth-order valence-electron chi connectivity index (χ4n) is 2.46. The highest BCUT2D eigenvalue weighted by Crippen LogP contribution is 2.20. The van der Waals surface area contributed by atoms with Crippen LogP contribution in [0, 0.1) is 0 Å². The van der Waals surface area contributed by atoms with E-state index in [9.17, 15) is 8.42 Å². The number of benzene rings is 2. The van der Waals surface area contributed by atoms with E-state index in [0.717, 1.165) is 28.9 Å². The second-order valence-electron chi connectivity index (χ2n) is 5.39. The summed E-state index contributed by atoms with van der Waals surface area (Å²) in [6.45, 7) is 2.47. The highest BCUT2D eigenvalue weighted by atomic mass is 32.2. The SMILES string of the molecule is CCc1cc(CCNS(=O)(=O)Cc2ccccc2)ccc1OC. The Kier molecular flexibility index (Phi) is 6.19. The summed E-state index contributed by atoms with van der Waals surface area (Å²) in [5.41, 5.74) is 3.03. The summed E-state index contributed by atoms with van der Waals surface area (Å²) in [5.74, 6) is 0.886. The second-order valence-corrected chi connectivity index (χ2v) is 7.20. The first-order valence-corrected chi connectivity index (χ1v) is 9.36. The van der Waals surface area contributed by atoms with Crippen LogP contribution < -0.4 is 9.46 Å². The molecule has 0 aliphatic rings. The Labute approximate surface area is 138 Å². The van der Waals surface area contributed by atoms with Gasteiger partial charge in [0.15, 0.2) is 0 Å². The summed E-state index contributed by atoms with van der Waals surface area (Å²) >= 11 is 0. The predicted molar refractivity (Wildman–Crippen MR) is 93.1 cm³/mol. The maximum absolute atomic E-state index is 12.1. The largest absolute Gasteiger partial charge is 0.496 e. The molecule has 0 saturated heterocycles. The number of sulfonamides is 1. The molecule has 0 radical (unpaired) electrons. The molecule has 2 rings (SSSR count). The van der Waals surface area contributed by atoms with Crippen LogP contribution >= 0.6 is 0 Å². The summed E-state index contributed by atoms with van der Waals surface area (Å²) in [6, 6.07) is 15.2. The maximum Gasteiger partial charge on any atom is 0.215 e. The average molecular weight is 333 g/mol. The van der Waals surface area contributed by atoms with Crippen LogP contribution in [0.2, 0.25) is 0 Å². The zero-order valence-corrected chi connectivity index (χ0v) is 14.4. The van der Waals surface area contributed by atoms with Gasteiger partial charge in [-0.15, -0.1) is 0 Å². The van der Waals surface area contributed by atoms with Gasteiger partial charge in [-0.1, -0.05) is 49.4 Å². The summed E-state index contributed by atoms with van der Waals surface area (Å²) < 4.78 is 32.1. The van der Waals surface area contributed by atoms with Crippen LogP contribution in [0.5, 0.6) is 5.75 Å². The fourth-order valence-corrected chi connectivity index (χ4v) is 3.61. The highest BCUT2D eigenvalue weighted by Gasteiger charge is 2.11. The van der Waals surface area contributed by atoms with E-state index in [4.69, 9.17) is 4.74 Å². The molecule has 0 spiro atoms. The molecule has 0 fully saturated rings. The van der Waals surface area contributed by atoms with Crippen molar-refractivity contribution >= 4 is 10.0 Å².